The fraction of sp³-hybridized carbons (Fsp3) is 0.345. The number of nitrogens with zero attached hydrogens (tertiary/aromatic N) is 1. The van der Waals surface area contributed by atoms with Crippen LogP contribution in [0.15, 0.2) is 78.9 Å². The van der Waals surface area contributed by atoms with E-state index in [1.54, 1.807) is 0 Å². The van der Waals surface area contributed by atoms with Gasteiger partial charge in [-0.15, -0.1) is 0 Å². The molecule has 3 aromatic rings. The molecule has 4 rings (SSSR count). The van der Waals surface area contributed by atoms with Gasteiger partial charge in [0.1, 0.15) is 0 Å². The number of amides is 1. The summed E-state index contributed by atoms with van der Waals surface area (Å²) in [5.41, 5.74) is 5.05. The molecule has 0 aromatic heterocycles. The average Bonchev–Trinajstić information content (AvgIpc) is 2.73. The standard InChI is InChI=1S/C29H33NO/c1-27(2,3)22-18-16-21(17-19-22)26(31)30-25-15-11-10-14-24(25)29(6,20-28(30,4)5)23-12-8-7-9-13-23/h7-19H,20H2,1-6H3/t29-/m0/s1. The normalized spacial score (nSPS) is 20.3. The maximum absolute atomic E-state index is 13.8. The van der Waals surface area contributed by atoms with Crippen molar-refractivity contribution in [2.45, 2.75) is 64.3 Å². The molecular formula is C29H33NO. The zero-order valence-corrected chi connectivity index (χ0v) is 19.6. The highest BCUT2D eigenvalue weighted by atomic mass is 16.2. The highest BCUT2D eigenvalue weighted by molar-refractivity contribution is 6.08. The minimum atomic E-state index is -0.335. The molecule has 0 saturated carbocycles. The number of rotatable bonds is 2. The first-order valence-corrected chi connectivity index (χ1v) is 11.1. The number of carbonyl (C=O) groups excluding carboxylic acids is 1. The lowest BCUT2D eigenvalue weighted by molar-refractivity contribution is 0.0948. The molecule has 0 saturated heterocycles. The van der Waals surface area contributed by atoms with Crippen molar-refractivity contribution in [3.05, 3.63) is 101 Å². The van der Waals surface area contributed by atoms with E-state index in [-0.39, 0.29) is 22.3 Å². The molecule has 160 valence electrons. The maximum atomic E-state index is 13.8. The second-order valence-electron chi connectivity index (χ2n) is 10.7. The van der Waals surface area contributed by atoms with Crippen molar-refractivity contribution in [2.24, 2.45) is 0 Å². The van der Waals surface area contributed by atoms with Gasteiger partial charge in [0.25, 0.3) is 5.91 Å². The molecule has 2 heteroatoms. The van der Waals surface area contributed by atoms with E-state index in [9.17, 15) is 4.79 Å². The minimum absolute atomic E-state index is 0.0630. The van der Waals surface area contributed by atoms with E-state index in [0.717, 1.165) is 17.7 Å². The number of anilines is 1. The Bertz CT molecular complexity index is 1090. The van der Waals surface area contributed by atoms with Crippen LogP contribution in [-0.4, -0.2) is 11.4 Å². The Hall–Kier alpha value is -2.87. The molecule has 1 atom stereocenters. The number of para-hydroxylation sites is 1. The van der Waals surface area contributed by atoms with E-state index in [1.807, 2.05) is 23.1 Å². The van der Waals surface area contributed by atoms with Crippen LogP contribution in [0.3, 0.4) is 0 Å². The monoisotopic (exact) mass is 411 g/mol. The molecular weight excluding hydrogens is 378 g/mol. The second kappa shape index (κ2) is 7.37. The molecule has 0 radical (unpaired) electrons. The van der Waals surface area contributed by atoms with Crippen LogP contribution in [0, 0.1) is 0 Å². The lowest BCUT2D eigenvalue weighted by Crippen LogP contribution is -2.55. The molecule has 0 unspecified atom stereocenters. The van der Waals surface area contributed by atoms with E-state index >= 15 is 0 Å². The van der Waals surface area contributed by atoms with Crippen LogP contribution in [0.1, 0.15) is 75.0 Å². The molecule has 1 aliphatic heterocycles. The fourth-order valence-corrected chi connectivity index (χ4v) is 5.19. The quantitative estimate of drug-likeness (QED) is 0.440. The van der Waals surface area contributed by atoms with Gasteiger partial charge in [-0.05, 0) is 60.6 Å². The molecule has 0 spiro atoms. The van der Waals surface area contributed by atoms with Gasteiger partial charge in [-0.3, -0.25) is 4.79 Å². The summed E-state index contributed by atoms with van der Waals surface area (Å²) in [5.74, 6) is 0.0630. The number of hydrogen-bond donors (Lipinski definition) is 0. The van der Waals surface area contributed by atoms with Crippen molar-refractivity contribution in [1.82, 2.24) is 0 Å². The van der Waals surface area contributed by atoms with Gasteiger partial charge >= 0.3 is 0 Å². The van der Waals surface area contributed by atoms with E-state index < -0.39 is 0 Å². The molecule has 1 amide bonds. The van der Waals surface area contributed by atoms with E-state index in [2.05, 4.69) is 102 Å². The third-order valence-corrected chi connectivity index (χ3v) is 6.74. The molecule has 1 heterocycles. The van der Waals surface area contributed by atoms with Crippen molar-refractivity contribution in [3.8, 4) is 0 Å². The van der Waals surface area contributed by atoms with Crippen LogP contribution in [0.25, 0.3) is 0 Å². The summed E-state index contributed by atoms with van der Waals surface area (Å²) >= 11 is 0. The highest BCUT2D eigenvalue weighted by Crippen LogP contribution is 2.50. The Balaban J connectivity index is 1.81. The lowest BCUT2D eigenvalue weighted by Gasteiger charge is -2.51. The van der Waals surface area contributed by atoms with Crippen LogP contribution in [-0.2, 0) is 10.8 Å². The van der Waals surface area contributed by atoms with Crippen molar-refractivity contribution < 1.29 is 4.79 Å². The summed E-state index contributed by atoms with van der Waals surface area (Å²) < 4.78 is 0. The topological polar surface area (TPSA) is 20.3 Å². The molecule has 0 fully saturated rings. The number of carbonyl (C=O) groups is 1. The first-order valence-electron chi connectivity index (χ1n) is 11.1. The van der Waals surface area contributed by atoms with Crippen molar-refractivity contribution in [2.75, 3.05) is 4.90 Å². The number of fused-ring (bicyclic) bond motifs is 1. The third kappa shape index (κ3) is 3.69. The lowest BCUT2D eigenvalue weighted by atomic mass is 9.65. The van der Waals surface area contributed by atoms with E-state index in [4.69, 9.17) is 0 Å². The Kier molecular flexibility index (Phi) is 5.08. The summed E-state index contributed by atoms with van der Waals surface area (Å²) in [6.07, 6.45) is 0.854. The summed E-state index contributed by atoms with van der Waals surface area (Å²) in [7, 11) is 0. The first-order chi connectivity index (χ1) is 14.5. The zero-order chi connectivity index (χ0) is 22.4. The van der Waals surface area contributed by atoms with Crippen molar-refractivity contribution in [3.63, 3.8) is 0 Å². The van der Waals surface area contributed by atoms with Crippen molar-refractivity contribution >= 4 is 11.6 Å². The molecule has 0 bridgehead atoms. The van der Waals surface area contributed by atoms with Gasteiger partial charge in [0.2, 0.25) is 0 Å². The molecule has 2 nitrogen and oxygen atoms in total. The van der Waals surface area contributed by atoms with Gasteiger partial charge in [0.05, 0.1) is 0 Å². The van der Waals surface area contributed by atoms with E-state index in [0.29, 0.717) is 0 Å². The molecule has 3 aromatic carbocycles. The zero-order valence-electron chi connectivity index (χ0n) is 19.6. The first kappa shape index (κ1) is 21.4. The second-order valence-corrected chi connectivity index (χ2v) is 10.7. The van der Waals surface area contributed by atoms with Gasteiger partial charge in [-0.1, -0.05) is 88.4 Å². The van der Waals surface area contributed by atoms with Gasteiger partial charge in [0.15, 0.2) is 0 Å². The van der Waals surface area contributed by atoms with Crippen LogP contribution < -0.4 is 4.90 Å². The van der Waals surface area contributed by atoms with Gasteiger partial charge in [-0.2, -0.15) is 0 Å². The molecule has 1 aliphatic rings. The SMILES string of the molecule is CC(C)(C)c1ccc(C(=O)N2c3ccccc3[C@](C)(c3ccccc3)CC2(C)C)cc1. The van der Waals surface area contributed by atoms with Gasteiger partial charge in [-0.25, -0.2) is 0 Å². The van der Waals surface area contributed by atoms with Crippen LogP contribution in [0.2, 0.25) is 0 Å². The van der Waals surface area contributed by atoms with E-state index in [1.165, 1.54) is 16.7 Å². The average molecular weight is 412 g/mol. The molecule has 31 heavy (non-hydrogen) atoms. The predicted octanol–water partition coefficient (Wildman–Crippen LogP) is 7.12. The fourth-order valence-electron chi connectivity index (χ4n) is 5.19. The predicted molar refractivity (Wildman–Crippen MR) is 130 cm³/mol. The highest BCUT2D eigenvalue weighted by Gasteiger charge is 2.47. The summed E-state index contributed by atoms with van der Waals surface area (Å²) in [6, 6.07) is 27.2. The minimum Gasteiger partial charge on any atom is -0.302 e. The van der Waals surface area contributed by atoms with Crippen molar-refractivity contribution in [1.29, 1.82) is 0 Å². The summed E-state index contributed by atoms with van der Waals surface area (Å²) in [5, 5.41) is 0. The summed E-state index contributed by atoms with van der Waals surface area (Å²) in [4.78, 5) is 15.8. The van der Waals surface area contributed by atoms with Crippen LogP contribution >= 0.6 is 0 Å². The van der Waals surface area contributed by atoms with Crippen LogP contribution in [0.4, 0.5) is 5.69 Å². The Morgan fingerprint density at radius 1 is 0.806 bits per heavy atom. The number of benzene rings is 3. The molecule has 0 N–H and O–H groups in total. The van der Waals surface area contributed by atoms with Gasteiger partial charge < -0.3 is 4.90 Å². The van der Waals surface area contributed by atoms with Gasteiger partial charge in [0, 0.05) is 22.2 Å². The largest absolute Gasteiger partial charge is 0.302 e. The molecule has 0 aliphatic carbocycles. The Morgan fingerprint density at radius 3 is 2.00 bits per heavy atom. The number of hydrogen-bond acceptors (Lipinski definition) is 1. The third-order valence-electron chi connectivity index (χ3n) is 6.74. The Labute approximate surface area is 186 Å². The smallest absolute Gasteiger partial charge is 0.258 e. The van der Waals surface area contributed by atoms with Crippen LogP contribution in [0.5, 0.6) is 0 Å². The summed E-state index contributed by atoms with van der Waals surface area (Å²) in [6.45, 7) is 13.3. The Morgan fingerprint density at radius 2 is 1.39 bits per heavy atom. The maximum Gasteiger partial charge on any atom is 0.258 e.